The molecule has 1 aromatic heterocycles. The molecule has 1 saturated carbocycles. The number of carbonyl (C=O) groups is 2. The maximum Gasteiger partial charge on any atom is 0.317 e. The number of aryl methyl sites for hydroxylation is 1. The van der Waals surface area contributed by atoms with Gasteiger partial charge in [0, 0.05) is 18.3 Å². The van der Waals surface area contributed by atoms with Crippen molar-refractivity contribution in [3.8, 4) is 0 Å². The summed E-state index contributed by atoms with van der Waals surface area (Å²) in [5, 5.41) is 9.40. The summed E-state index contributed by atoms with van der Waals surface area (Å²) in [7, 11) is 0. The molecule has 1 heterocycles. The van der Waals surface area contributed by atoms with Crippen LogP contribution in [0.15, 0.2) is 24.4 Å². The second-order valence-corrected chi connectivity index (χ2v) is 4.84. The zero-order valence-corrected chi connectivity index (χ0v) is 10.3. The van der Waals surface area contributed by atoms with Gasteiger partial charge in [0.15, 0.2) is 0 Å². The van der Waals surface area contributed by atoms with E-state index in [0.717, 1.165) is 18.5 Å². The lowest BCUT2D eigenvalue weighted by atomic mass is 9.70. The average molecular weight is 247 g/mol. The van der Waals surface area contributed by atoms with Crippen LogP contribution in [0.25, 0.3) is 0 Å². The second-order valence-electron chi connectivity index (χ2n) is 4.84. The van der Waals surface area contributed by atoms with Crippen molar-refractivity contribution in [2.24, 2.45) is 5.41 Å². The fraction of sp³-hybridized carbons (Fsp3) is 0.500. The van der Waals surface area contributed by atoms with Crippen LogP contribution < -0.4 is 0 Å². The lowest BCUT2D eigenvalue weighted by molar-refractivity contribution is -0.157. The molecule has 0 aromatic carbocycles. The van der Waals surface area contributed by atoms with E-state index in [0.29, 0.717) is 25.7 Å². The van der Waals surface area contributed by atoms with Gasteiger partial charge in [-0.2, -0.15) is 0 Å². The Morgan fingerprint density at radius 1 is 1.39 bits per heavy atom. The zero-order chi connectivity index (χ0) is 13.0. The Kier molecular flexibility index (Phi) is 3.75. The topological polar surface area (TPSA) is 67.3 Å². The molecular weight excluding hydrogens is 230 g/mol. The summed E-state index contributed by atoms with van der Waals surface area (Å²) in [5.41, 5.74) is -0.327. The normalized spacial score (nSPS) is 23.9. The molecule has 1 N–H and O–H groups in total. The molecule has 4 nitrogen and oxygen atoms in total. The van der Waals surface area contributed by atoms with E-state index in [-0.39, 0.29) is 5.78 Å². The number of hydrogen-bond acceptors (Lipinski definition) is 3. The Balaban J connectivity index is 2.12. The van der Waals surface area contributed by atoms with Crippen LogP contribution in [0.2, 0.25) is 0 Å². The van der Waals surface area contributed by atoms with Crippen molar-refractivity contribution in [3.05, 3.63) is 30.1 Å². The highest BCUT2D eigenvalue weighted by atomic mass is 16.4. The third-order valence-corrected chi connectivity index (χ3v) is 3.73. The molecule has 0 radical (unpaired) electrons. The number of carboxylic acid groups (broad SMARTS) is 1. The Morgan fingerprint density at radius 3 is 2.83 bits per heavy atom. The van der Waals surface area contributed by atoms with Crippen LogP contribution in [0.1, 0.15) is 37.8 Å². The highest BCUT2D eigenvalue weighted by Crippen LogP contribution is 2.37. The molecule has 1 aromatic rings. The first-order chi connectivity index (χ1) is 8.65. The zero-order valence-electron chi connectivity index (χ0n) is 10.3. The molecule has 0 bridgehead atoms. The van der Waals surface area contributed by atoms with E-state index in [9.17, 15) is 14.7 Å². The van der Waals surface area contributed by atoms with Gasteiger partial charge in [0.2, 0.25) is 0 Å². The number of rotatable bonds is 4. The molecule has 0 amide bonds. The van der Waals surface area contributed by atoms with Crippen LogP contribution >= 0.6 is 0 Å². The van der Waals surface area contributed by atoms with E-state index >= 15 is 0 Å². The standard InChI is InChI=1S/C14H17NO3/c16-12-6-1-3-8-14(12,13(17)18)9-7-11-5-2-4-10-15-11/h2,4-5,10H,1,3,6-9H2,(H,17,18). The molecule has 4 heteroatoms. The minimum Gasteiger partial charge on any atom is -0.480 e. The number of carboxylic acids is 1. The Hall–Kier alpha value is -1.71. The predicted molar refractivity (Wildman–Crippen MR) is 66.1 cm³/mol. The van der Waals surface area contributed by atoms with Crippen LogP contribution in [0.5, 0.6) is 0 Å². The summed E-state index contributed by atoms with van der Waals surface area (Å²) >= 11 is 0. The largest absolute Gasteiger partial charge is 0.480 e. The lowest BCUT2D eigenvalue weighted by Crippen LogP contribution is -2.42. The van der Waals surface area contributed by atoms with Crippen LogP contribution in [0.3, 0.4) is 0 Å². The molecule has 0 spiro atoms. The first-order valence-corrected chi connectivity index (χ1v) is 6.32. The molecule has 0 aliphatic heterocycles. The van der Waals surface area contributed by atoms with E-state index in [1.54, 1.807) is 6.20 Å². The molecule has 1 unspecified atom stereocenters. The summed E-state index contributed by atoms with van der Waals surface area (Å²) < 4.78 is 0. The number of nitrogens with zero attached hydrogens (tertiary/aromatic N) is 1. The van der Waals surface area contributed by atoms with Crippen molar-refractivity contribution >= 4 is 11.8 Å². The predicted octanol–water partition coefficient (Wildman–Crippen LogP) is 2.23. The van der Waals surface area contributed by atoms with Gasteiger partial charge in [0.25, 0.3) is 0 Å². The average Bonchev–Trinajstić information content (AvgIpc) is 2.39. The van der Waals surface area contributed by atoms with Crippen LogP contribution in [-0.4, -0.2) is 21.8 Å². The molecule has 1 aliphatic rings. The van der Waals surface area contributed by atoms with Gasteiger partial charge in [0.1, 0.15) is 11.2 Å². The third-order valence-electron chi connectivity index (χ3n) is 3.73. The molecule has 18 heavy (non-hydrogen) atoms. The Bertz CT molecular complexity index is 444. The van der Waals surface area contributed by atoms with Crippen molar-refractivity contribution in [2.75, 3.05) is 0 Å². The minimum atomic E-state index is -1.17. The Morgan fingerprint density at radius 2 is 2.22 bits per heavy atom. The maximum atomic E-state index is 12.0. The summed E-state index contributed by atoms with van der Waals surface area (Å²) in [4.78, 5) is 27.6. The van der Waals surface area contributed by atoms with Gasteiger partial charge < -0.3 is 5.11 Å². The minimum absolute atomic E-state index is 0.114. The summed E-state index contributed by atoms with van der Waals surface area (Å²) in [6.45, 7) is 0. The van der Waals surface area contributed by atoms with Gasteiger partial charge in [-0.25, -0.2) is 0 Å². The third kappa shape index (κ3) is 2.42. The van der Waals surface area contributed by atoms with Gasteiger partial charge in [-0.1, -0.05) is 12.5 Å². The summed E-state index contributed by atoms with van der Waals surface area (Å²) in [6.07, 6.45) is 5.09. The van der Waals surface area contributed by atoms with Gasteiger partial charge in [-0.15, -0.1) is 0 Å². The summed E-state index contributed by atoms with van der Waals surface area (Å²) in [6, 6.07) is 5.56. The van der Waals surface area contributed by atoms with Gasteiger partial charge in [0.05, 0.1) is 0 Å². The molecule has 2 rings (SSSR count). The van der Waals surface area contributed by atoms with Crippen molar-refractivity contribution in [3.63, 3.8) is 0 Å². The van der Waals surface area contributed by atoms with Crippen molar-refractivity contribution in [1.29, 1.82) is 0 Å². The highest BCUT2D eigenvalue weighted by Gasteiger charge is 2.46. The molecular formula is C14H17NO3. The van der Waals surface area contributed by atoms with Crippen molar-refractivity contribution in [1.82, 2.24) is 4.98 Å². The molecule has 1 aliphatic carbocycles. The highest BCUT2D eigenvalue weighted by molar-refractivity contribution is 6.03. The van der Waals surface area contributed by atoms with Crippen LogP contribution in [0, 0.1) is 5.41 Å². The van der Waals surface area contributed by atoms with E-state index in [2.05, 4.69) is 4.98 Å². The first-order valence-electron chi connectivity index (χ1n) is 6.32. The van der Waals surface area contributed by atoms with Crippen molar-refractivity contribution < 1.29 is 14.7 Å². The smallest absolute Gasteiger partial charge is 0.317 e. The van der Waals surface area contributed by atoms with E-state index < -0.39 is 11.4 Å². The first kappa shape index (κ1) is 12.7. The van der Waals surface area contributed by atoms with E-state index in [4.69, 9.17) is 0 Å². The second kappa shape index (κ2) is 5.29. The number of ketones is 1. The number of pyridine rings is 1. The Labute approximate surface area is 106 Å². The molecule has 1 fully saturated rings. The van der Waals surface area contributed by atoms with Gasteiger partial charge >= 0.3 is 5.97 Å². The van der Waals surface area contributed by atoms with Gasteiger partial charge in [-0.3, -0.25) is 14.6 Å². The molecule has 0 saturated heterocycles. The number of aromatic nitrogens is 1. The van der Waals surface area contributed by atoms with Crippen molar-refractivity contribution in [2.45, 2.75) is 38.5 Å². The SMILES string of the molecule is O=C(O)C1(CCc2ccccn2)CCCCC1=O. The fourth-order valence-corrected chi connectivity index (χ4v) is 2.58. The number of Topliss-reactive ketones (excluding diaryl/α,β-unsaturated/α-hetero) is 1. The quantitative estimate of drug-likeness (QED) is 0.828. The van der Waals surface area contributed by atoms with Gasteiger partial charge in [-0.05, 0) is 37.8 Å². The monoisotopic (exact) mass is 247 g/mol. The number of aliphatic carboxylic acids is 1. The lowest BCUT2D eigenvalue weighted by Gasteiger charge is -2.31. The fourth-order valence-electron chi connectivity index (χ4n) is 2.58. The maximum absolute atomic E-state index is 12.0. The van der Waals surface area contributed by atoms with Crippen LogP contribution in [-0.2, 0) is 16.0 Å². The number of carbonyl (C=O) groups excluding carboxylic acids is 1. The summed E-state index contributed by atoms with van der Waals surface area (Å²) in [5.74, 6) is -1.08. The number of hydrogen-bond donors (Lipinski definition) is 1. The molecule has 96 valence electrons. The van der Waals surface area contributed by atoms with Crippen LogP contribution in [0.4, 0.5) is 0 Å². The van der Waals surface area contributed by atoms with E-state index in [1.165, 1.54) is 0 Å². The van der Waals surface area contributed by atoms with E-state index in [1.807, 2.05) is 18.2 Å². The molecule has 1 atom stereocenters.